The average molecular weight is 430 g/mol. The van der Waals surface area contributed by atoms with Crippen LogP contribution in [0.2, 0.25) is 10.0 Å². The molecule has 0 amide bonds. The van der Waals surface area contributed by atoms with E-state index in [0.717, 1.165) is 12.1 Å². The number of hydrogen-bond donors (Lipinski definition) is 1. The van der Waals surface area contributed by atoms with Crippen molar-refractivity contribution < 1.29 is 27.9 Å². The van der Waals surface area contributed by atoms with Crippen molar-refractivity contribution in [2.45, 2.75) is 13.1 Å². The van der Waals surface area contributed by atoms with E-state index in [9.17, 15) is 27.9 Å². The zero-order valence-electron chi connectivity index (χ0n) is 14.5. The fourth-order valence-electron chi connectivity index (χ4n) is 3.04. The highest BCUT2D eigenvalue weighted by atomic mass is 35.5. The van der Waals surface area contributed by atoms with E-state index in [1.807, 2.05) is 0 Å². The van der Waals surface area contributed by atoms with Crippen LogP contribution < -0.4 is 0 Å². The second kappa shape index (κ2) is 6.83. The van der Waals surface area contributed by atoms with Crippen LogP contribution in [0.25, 0.3) is 10.9 Å². The molecule has 0 saturated carbocycles. The lowest BCUT2D eigenvalue weighted by Gasteiger charge is -2.11. The molecule has 0 aliphatic rings. The van der Waals surface area contributed by atoms with Gasteiger partial charge in [0.2, 0.25) is 5.78 Å². The van der Waals surface area contributed by atoms with E-state index < -0.39 is 23.5 Å². The van der Waals surface area contributed by atoms with E-state index in [4.69, 9.17) is 23.2 Å². The number of fused-ring (bicyclic) bond motifs is 1. The van der Waals surface area contributed by atoms with E-state index in [0.29, 0.717) is 10.9 Å². The minimum atomic E-state index is -4.53. The van der Waals surface area contributed by atoms with Crippen LogP contribution in [-0.2, 0) is 13.2 Å². The van der Waals surface area contributed by atoms with Crippen LogP contribution in [-0.4, -0.2) is 21.4 Å². The Labute approximate surface area is 167 Å². The molecule has 1 aromatic heterocycles. The molecular formula is C19H12Cl2F3NO3. The maximum atomic E-state index is 13.1. The van der Waals surface area contributed by atoms with Crippen molar-refractivity contribution in [2.24, 2.45) is 7.05 Å². The summed E-state index contributed by atoms with van der Waals surface area (Å²) in [5, 5.41) is 9.27. The third-order valence-corrected chi connectivity index (χ3v) is 5.18. The molecule has 0 atom stereocenters. The van der Waals surface area contributed by atoms with Gasteiger partial charge in [0.05, 0.1) is 32.4 Å². The van der Waals surface area contributed by atoms with Crippen molar-refractivity contribution in [2.75, 3.05) is 0 Å². The molecule has 1 N–H and O–H groups in total. The van der Waals surface area contributed by atoms with E-state index in [-0.39, 0.29) is 32.4 Å². The Kier molecular flexibility index (Phi) is 4.93. The molecule has 0 bridgehead atoms. The number of aromatic carboxylic acids is 1. The minimum Gasteiger partial charge on any atom is -0.478 e. The maximum absolute atomic E-state index is 13.1. The lowest BCUT2D eigenvalue weighted by Crippen LogP contribution is -2.11. The van der Waals surface area contributed by atoms with Crippen molar-refractivity contribution >= 4 is 45.9 Å². The van der Waals surface area contributed by atoms with Crippen LogP contribution >= 0.6 is 23.2 Å². The van der Waals surface area contributed by atoms with Crippen LogP contribution in [0.5, 0.6) is 0 Å². The van der Waals surface area contributed by atoms with Gasteiger partial charge in [-0.15, -0.1) is 0 Å². The predicted molar refractivity (Wildman–Crippen MR) is 99.5 cm³/mol. The standard InChI is InChI=1S/C19H12Cl2F3NO3/c1-8-5-9(19(22,23)24)6-13-11(8)7-14(25(13)2)17(26)15-12(20)4-3-10(16(15)21)18(27)28/h3-7H,1-2H3,(H,27,28). The number of aromatic nitrogens is 1. The van der Waals surface area contributed by atoms with Gasteiger partial charge in [-0.25, -0.2) is 4.79 Å². The summed E-state index contributed by atoms with van der Waals surface area (Å²) in [6, 6.07) is 5.80. The molecule has 1 heterocycles. The van der Waals surface area contributed by atoms with Gasteiger partial charge in [0.15, 0.2) is 0 Å². The maximum Gasteiger partial charge on any atom is 0.416 e. The van der Waals surface area contributed by atoms with Gasteiger partial charge in [-0.3, -0.25) is 4.79 Å². The predicted octanol–water partition coefficient (Wildman–Crippen LogP) is 5.74. The van der Waals surface area contributed by atoms with E-state index in [1.165, 1.54) is 36.7 Å². The second-order valence-corrected chi connectivity index (χ2v) is 7.02. The van der Waals surface area contributed by atoms with Gasteiger partial charge in [0, 0.05) is 18.0 Å². The monoisotopic (exact) mass is 429 g/mol. The molecule has 0 unspecified atom stereocenters. The number of halogens is 5. The fourth-order valence-corrected chi connectivity index (χ4v) is 3.67. The molecule has 0 radical (unpaired) electrons. The highest BCUT2D eigenvalue weighted by Gasteiger charge is 2.32. The van der Waals surface area contributed by atoms with Gasteiger partial charge in [-0.05, 0) is 42.8 Å². The van der Waals surface area contributed by atoms with Gasteiger partial charge < -0.3 is 9.67 Å². The first-order chi connectivity index (χ1) is 12.9. The molecule has 9 heteroatoms. The third-order valence-electron chi connectivity index (χ3n) is 4.48. The second-order valence-electron chi connectivity index (χ2n) is 6.23. The number of ketones is 1. The molecule has 28 heavy (non-hydrogen) atoms. The molecule has 2 aromatic carbocycles. The summed E-state index contributed by atoms with van der Waals surface area (Å²) >= 11 is 12.1. The van der Waals surface area contributed by atoms with E-state index in [1.54, 1.807) is 0 Å². The van der Waals surface area contributed by atoms with Gasteiger partial charge in [-0.2, -0.15) is 13.2 Å². The molecule has 0 saturated heterocycles. The Bertz CT molecular complexity index is 1150. The number of aryl methyl sites for hydroxylation is 2. The first-order valence-electron chi connectivity index (χ1n) is 7.86. The lowest BCUT2D eigenvalue weighted by molar-refractivity contribution is -0.137. The Balaban J connectivity index is 2.24. The highest BCUT2D eigenvalue weighted by molar-refractivity contribution is 6.42. The molecule has 4 nitrogen and oxygen atoms in total. The van der Waals surface area contributed by atoms with Crippen molar-refractivity contribution in [3.05, 3.63) is 68.3 Å². The average Bonchev–Trinajstić information content (AvgIpc) is 2.91. The van der Waals surface area contributed by atoms with Crippen molar-refractivity contribution in [3.8, 4) is 0 Å². The smallest absolute Gasteiger partial charge is 0.416 e. The normalized spacial score (nSPS) is 11.8. The summed E-state index contributed by atoms with van der Waals surface area (Å²) in [5.74, 6) is -2.02. The number of carboxylic acid groups (broad SMARTS) is 1. The number of carboxylic acids is 1. The molecule has 146 valence electrons. The number of benzene rings is 2. The van der Waals surface area contributed by atoms with Gasteiger partial charge >= 0.3 is 12.1 Å². The zero-order valence-corrected chi connectivity index (χ0v) is 16.0. The van der Waals surface area contributed by atoms with Crippen LogP contribution in [0.1, 0.15) is 37.5 Å². The van der Waals surface area contributed by atoms with Crippen LogP contribution in [0.15, 0.2) is 30.3 Å². The summed E-state index contributed by atoms with van der Waals surface area (Å²) in [5.41, 5.74) is -0.773. The number of hydrogen-bond acceptors (Lipinski definition) is 2. The Morgan fingerprint density at radius 2 is 1.75 bits per heavy atom. The van der Waals surface area contributed by atoms with Gasteiger partial charge in [0.1, 0.15) is 0 Å². The Morgan fingerprint density at radius 1 is 1.11 bits per heavy atom. The zero-order chi connectivity index (χ0) is 21.0. The molecule has 0 spiro atoms. The van der Waals surface area contributed by atoms with E-state index in [2.05, 4.69) is 0 Å². The number of nitrogens with zero attached hydrogens (tertiary/aromatic N) is 1. The van der Waals surface area contributed by atoms with Crippen LogP contribution in [0.3, 0.4) is 0 Å². The summed E-state index contributed by atoms with van der Waals surface area (Å²) < 4.78 is 40.7. The number of carbonyl (C=O) groups excluding carboxylic acids is 1. The molecule has 0 aliphatic carbocycles. The van der Waals surface area contributed by atoms with Gasteiger partial charge in [0.25, 0.3) is 0 Å². The first kappa shape index (κ1) is 20.2. The Morgan fingerprint density at radius 3 is 2.32 bits per heavy atom. The van der Waals surface area contributed by atoms with E-state index >= 15 is 0 Å². The topological polar surface area (TPSA) is 59.3 Å². The molecule has 3 aromatic rings. The lowest BCUT2D eigenvalue weighted by atomic mass is 10.0. The fraction of sp³-hybridized carbons (Fsp3) is 0.158. The van der Waals surface area contributed by atoms with Crippen molar-refractivity contribution in [1.29, 1.82) is 0 Å². The third kappa shape index (κ3) is 3.25. The van der Waals surface area contributed by atoms with Crippen molar-refractivity contribution in [1.82, 2.24) is 4.57 Å². The van der Waals surface area contributed by atoms with Crippen LogP contribution in [0.4, 0.5) is 13.2 Å². The Hall–Kier alpha value is -2.51. The molecule has 3 rings (SSSR count). The summed E-state index contributed by atoms with van der Waals surface area (Å²) in [6.07, 6.45) is -4.53. The quantitative estimate of drug-likeness (QED) is 0.539. The number of rotatable bonds is 3. The SMILES string of the molecule is Cc1cc(C(F)(F)F)cc2c1cc(C(=O)c1c(Cl)ccc(C(=O)O)c1Cl)n2C. The largest absolute Gasteiger partial charge is 0.478 e. The first-order valence-corrected chi connectivity index (χ1v) is 8.62. The minimum absolute atomic E-state index is 0.0313. The summed E-state index contributed by atoms with van der Waals surface area (Å²) in [7, 11) is 1.44. The van der Waals surface area contributed by atoms with Crippen LogP contribution in [0, 0.1) is 6.92 Å². The molecule has 0 aliphatic heterocycles. The highest BCUT2D eigenvalue weighted by Crippen LogP contribution is 2.36. The van der Waals surface area contributed by atoms with Crippen molar-refractivity contribution in [3.63, 3.8) is 0 Å². The molecular weight excluding hydrogens is 418 g/mol. The van der Waals surface area contributed by atoms with Gasteiger partial charge in [-0.1, -0.05) is 23.2 Å². The number of alkyl halides is 3. The molecule has 0 fully saturated rings. The summed E-state index contributed by atoms with van der Waals surface area (Å²) in [6.45, 7) is 1.51. The number of carbonyl (C=O) groups is 2. The summed E-state index contributed by atoms with van der Waals surface area (Å²) in [4.78, 5) is 24.3.